The average Bonchev–Trinajstić information content (AvgIpc) is 2.84. The Labute approximate surface area is 78.9 Å². The number of anilines is 1. The molecule has 1 saturated carbocycles. The van der Waals surface area contributed by atoms with Gasteiger partial charge in [0.25, 0.3) is 0 Å². The normalized spacial score (nSPS) is 16.5. The van der Waals surface area contributed by atoms with E-state index >= 15 is 0 Å². The van der Waals surface area contributed by atoms with E-state index in [0.29, 0.717) is 16.1 Å². The molecule has 1 aliphatic carbocycles. The Morgan fingerprint density at radius 2 is 2.08 bits per heavy atom. The van der Waals surface area contributed by atoms with Crippen molar-refractivity contribution in [2.24, 2.45) is 0 Å². The van der Waals surface area contributed by atoms with Crippen molar-refractivity contribution in [1.29, 1.82) is 0 Å². The Kier molecular flexibility index (Phi) is 1.83. The molecule has 1 nitrogen and oxygen atoms in total. The minimum Gasteiger partial charge on any atom is -0.398 e. The highest BCUT2D eigenvalue weighted by atomic mass is 79.9. The number of halogens is 2. The number of benzene rings is 1. The van der Waals surface area contributed by atoms with Crippen LogP contribution in [0.3, 0.4) is 0 Å². The first-order chi connectivity index (χ1) is 5.70. The van der Waals surface area contributed by atoms with E-state index in [-0.39, 0.29) is 5.82 Å². The van der Waals surface area contributed by atoms with E-state index in [2.05, 4.69) is 15.9 Å². The third-order valence-electron chi connectivity index (χ3n) is 2.16. The molecule has 0 spiro atoms. The minimum atomic E-state index is -0.183. The van der Waals surface area contributed by atoms with Crippen LogP contribution in [0, 0.1) is 5.82 Å². The molecule has 64 valence electrons. The van der Waals surface area contributed by atoms with Gasteiger partial charge in [0.1, 0.15) is 5.82 Å². The van der Waals surface area contributed by atoms with Crippen LogP contribution in [-0.2, 0) is 0 Å². The highest BCUT2D eigenvalue weighted by Crippen LogP contribution is 2.43. The summed E-state index contributed by atoms with van der Waals surface area (Å²) in [5, 5.41) is 0. The van der Waals surface area contributed by atoms with Crippen molar-refractivity contribution in [3.05, 3.63) is 28.0 Å². The van der Waals surface area contributed by atoms with E-state index in [1.54, 1.807) is 12.1 Å². The lowest BCUT2D eigenvalue weighted by molar-refractivity contribution is 0.605. The van der Waals surface area contributed by atoms with Crippen molar-refractivity contribution in [1.82, 2.24) is 0 Å². The lowest BCUT2D eigenvalue weighted by atomic mass is 10.1. The van der Waals surface area contributed by atoms with Crippen LogP contribution in [0.15, 0.2) is 16.6 Å². The van der Waals surface area contributed by atoms with E-state index in [0.717, 1.165) is 18.4 Å². The van der Waals surface area contributed by atoms with E-state index in [4.69, 9.17) is 5.73 Å². The van der Waals surface area contributed by atoms with Gasteiger partial charge in [-0.1, -0.05) is 6.07 Å². The van der Waals surface area contributed by atoms with Crippen LogP contribution >= 0.6 is 15.9 Å². The van der Waals surface area contributed by atoms with Crippen LogP contribution < -0.4 is 5.73 Å². The molecule has 0 heterocycles. The molecule has 0 amide bonds. The molecular formula is C9H9BrFN. The molecule has 0 unspecified atom stereocenters. The zero-order chi connectivity index (χ0) is 8.72. The van der Waals surface area contributed by atoms with E-state index in [1.807, 2.05) is 0 Å². The van der Waals surface area contributed by atoms with Crippen molar-refractivity contribution < 1.29 is 4.39 Å². The van der Waals surface area contributed by atoms with Gasteiger partial charge in [-0.15, -0.1) is 0 Å². The maximum absolute atomic E-state index is 13.4. The van der Waals surface area contributed by atoms with Gasteiger partial charge >= 0.3 is 0 Å². The molecule has 12 heavy (non-hydrogen) atoms. The number of nitrogen functional groups attached to an aromatic ring is 1. The van der Waals surface area contributed by atoms with E-state index in [9.17, 15) is 4.39 Å². The summed E-state index contributed by atoms with van der Waals surface area (Å²) in [4.78, 5) is 0. The standard InChI is InChI=1S/C9H9BrFN/c10-8-7(12)4-3-6(9(8)11)5-1-2-5/h3-5H,1-2,12H2. The Hall–Kier alpha value is -0.570. The lowest BCUT2D eigenvalue weighted by Crippen LogP contribution is -1.94. The smallest absolute Gasteiger partial charge is 0.142 e. The lowest BCUT2D eigenvalue weighted by Gasteiger charge is -2.04. The van der Waals surface area contributed by atoms with Crippen molar-refractivity contribution in [3.8, 4) is 0 Å². The highest BCUT2D eigenvalue weighted by molar-refractivity contribution is 9.10. The SMILES string of the molecule is Nc1ccc(C2CC2)c(F)c1Br. The molecule has 0 aromatic heterocycles. The predicted molar refractivity (Wildman–Crippen MR) is 50.5 cm³/mol. The molecule has 1 aliphatic rings. The van der Waals surface area contributed by atoms with Crippen LogP contribution in [0.25, 0.3) is 0 Å². The van der Waals surface area contributed by atoms with Gasteiger partial charge in [0.15, 0.2) is 0 Å². The predicted octanol–water partition coefficient (Wildman–Crippen LogP) is 3.05. The maximum atomic E-state index is 13.4. The summed E-state index contributed by atoms with van der Waals surface area (Å²) in [6.45, 7) is 0. The Balaban J connectivity index is 2.49. The van der Waals surface area contributed by atoms with Crippen molar-refractivity contribution in [3.63, 3.8) is 0 Å². The first kappa shape index (κ1) is 8.05. The largest absolute Gasteiger partial charge is 0.398 e. The molecule has 0 bridgehead atoms. The van der Waals surface area contributed by atoms with Crippen LogP contribution in [0.2, 0.25) is 0 Å². The molecule has 3 heteroatoms. The van der Waals surface area contributed by atoms with Crippen LogP contribution in [0.5, 0.6) is 0 Å². The summed E-state index contributed by atoms with van der Waals surface area (Å²) >= 11 is 3.13. The molecule has 0 aliphatic heterocycles. The van der Waals surface area contributed by atoms with Gasteiger partial charge < -0.3 is 5.73 Å². The minimum absolute atomic E-state index is 0.183. The topological polar surface area (TPSA) is 26.0 Å². The summed E-state index contributed by atoms with van der Waals surface area (Å²) in [6.07, 6.45) is 2.21. The summed E-state index contributed by atoms with van der Waals surface area (Å²) in [6, 6.07) is 3.54. The number of hydrogen-bond donors (Lipinski definition) is 1. The van der Waals surface area contributed by atoms with E-state index in [1.165, 1.54) is 0 Å². The number of nitrogens with two attached hydrogens (primary N) is 1. The van der Waals surface area contributed by atoms with Gasteiger partial charge in [0.05, 0.1) is 4.47 Å². The summed E-state index contributed by atoms with van der Waals surface area (Å²) < 4.78 is 13.8. The molecule has 2 rings (SSSR count). The van der Waals surface area contributed by atoms with Gasteiger partial charge in [-0.3, -0.25) is 0 Å². The van der Waals surface area contributed by atoms with Crippen molar-refractivity contribution in [2.45, 2.75) is 18.8 Å². The molecule has 0 saturated heterocycles. The first-order valence-corrected chi connectivity index (χ1v) is 4.73. The quantitative estimate of drug-likeness (QED) is 0.737. The molecule has 1 aromatic rings. The van der Waals surface area contributed by atoms with Crippen molar-refractivity contribution >= 4 is 21.6 Å². The third kappa shape index (κ3) is 1.22. The molecule has 0 atom stereocenters. The summed E-state index contributed by atoms with van der Waals surface area (Å²) in [5.74, 6) is 0.249. The molecule has 1 fully saturated rings. The average molecular weight is 230 g/mol. The van der Waals surface area contributed by atoms with E-state index < -0.39 is 0 Å². The second kappa shape index (κ2) is 2.73. The van der Waals surface area contributed by atoms with Gasteiger partial charge in [-0.2, -0.15) is 0 Å². The van der Waals surface area contributed by atoms with Crippen LogP contribution in [-0.4, -0.2) is 0 Å². The zero-order valence-corrected chi connectivity index (χ0v) is 8.07. The molecule has 0 radical (unpaired) electrons. The van der Waals surface area contributed by atoms with Crippen molar-refractivity contribution in [2.75, 3.05) is 5.73 Å². The second-order valence-corrected chi connectivity index (χ2v) is 3.94. The maximum Gasteiger partial charge on any atom is 0.142 e. The highest BCUT2D eigenvalue weighted by Gasteiger charge is 2.27. The summed E-state index contributed by atoms with van der Waals surface area (Å²) in [5.41, 5.74) is 6.79. The Morgan fingerprint density at radius 1 is 1.42 bits per heavy atom. The number of hydrogen-bond acceptors (Lipinski definition) is 1. The van der Waals surface area contributed by atoms with Crippen LogP contribution in [0.1, 0.15) is 24.3 Å². The third-order valence-corrected chi connectivity index (χ3v) is 2.97. The monoisotopic (exact) mass is 229 g/mol. The van der Waals surface area contributed by atoms with Crippen LogP contribution in [0.4, 0.5) is 10.1 Å². The fourth-order valence-corrected chi connectivity index (χ4v) is 1.65. The zero-order valence-electron chi connectivity index (χ0n) is 6.48. The Morgan fingerprint density at radius 3 is 2.67 bits per heavy atom. The van der Waals surface area contributed by atoms with Gasteiger partial charge in [0, 0.05) is 5.69 Å². The number of rotatable bonds is 1. The van der Waals surface area contributed by atoms with Gasteiger partial charge in [0.2, 0.25) is 0 Å². The molecule has 2 N–H and O–H groups in total. The second-order valence-electron chi connectivity index (χ2n) is 3.15. The first-order valence-electron chi connectivity index (χ1n) is 3.93. The fraction of sp³-hybridized carbons (Fsp3) is 0.333. The molecular weight excluding hydrogens is 221 g/mol. The Bertz CT molecular complexity index is 321. The molecule has 1 aromatic carbocycles. The summed E-state index contributed by atoms with van der Waals surface area (Å²) in [7, 11) is 0. The van der Waals surface area contributed by atoms with Gasteiger partial charge in [-0.05, 0) is 46.3 Å². The fourth-order valence-electron chi connectivity index (χ4n) is 1.29. The van der Waals surface area contributed by atoms with Gasteiger partial charge in [-0.25, -0.2) is 4.39 Å².